The molecule has 0 N–H and O–H groups in total. The van der Waals surface area contributed by atoms with Gasteiger partial charge < -0.3 is 9.80 Å². The van der Waals surface area contributed by atoms with Crippen LogP contribution in [0.4, 0.5) is 10.1 Å². The van der Waals surface area contributed by atoms with Crippen LogP contribution in [0.2, 0.25) is 0 Å². The van der Waals surface area contributed by atoms with Gasteiger partial charge in [-0.3, -0.25) is 9.59 Å². The molecule has 2 heterocycles. The second kappa shape index (κ2) is 8.18. The van der Waals surface area contributed by atoms with Gasteiger partial charge in [0, 0.05) is 24.3 Å². The third-order valence-electron chi connectivity index (χ3n) is 6.83. The highest BCUT2D eigenvalue weighted by Crippen LogP contribution is 2.57. The second-order valence-corrected chi connectivity index (χ2v) is 8.61. The molecule has 3 aromatic carbocycles. The summed E-state index contributed by atoms with van der Waals surface area (Å²) in [6.07, 6.45) is 1.08. The highest BCUT2D eigenvalue weighted by atomic mass is 19.1. The number of nitriles is 1. The third-order valence-corrected chi connectivity index (χ3v) is 6.83. The molecule has 2 aliphatic heterocycles. The molecule has 0 bridgehead atoms. The van der Waals surface area contributed by atoms with Crippen molar-refractivity contribution in [3.05, 3.63) is 101 Å². The molecule has 164 valence electrons. The topological polar surface area (TPSA) is 64.4 Å². The van der Waals surface area contributed by atoms with Crippen LogP contribution in [0.25, 0.3) is 0 Å². The van der Waals surface area contributed by atoms with Crippen molar-refractivity contribution in [1.82, 2.24) is 4.90 Å². The van der Waals surface area contributed by atoms with Crippen LogP contribution in [-0.2, 0) is 4.79 Å². The summed E-state index contributed by atoms with van der Waals surface area (Å²) in [6.45, 7) is 0.926. The highest BCUT2D eigenvalue weighted by molar-refractivity contribution is 6.06. The van der Waals surface area contributed by atoms with Crippen molar-refractivity contribution in [2.75, 3.05) is 18.0 Å². The van der Waals surface area contributed by atoms with Crippen molar-refractivity contribution >= 4 is 17.5 Å². The number of rotatable bonds is 3. The molecule has 0 aliphatic carbocycles. The first kappa shape index (κ1) is 20.9. The molecule has 2 saturated heterocycles. The molecule has 1 atom stereocenters. The van der Waals surface area contributed by atoms with E-state index >= 15 is 0 Å². The van der Waals surface area contributed by atoms with Gasteiger partial charge in [-0.05, 0) is 60.9 Å². The number of nitrogens with zero attached hydrogens (tertiary/aromatic N) is 3. The first-order valence-electron chi connectivity index (χ1n) is 11.0. The number of anilines is 1. The Morgan fingerprint density at radius 2 is 1.67 bits per heavy atom. The van der Waals surface area contributed by atoms with Gasteiger partial charge in [0.15, 0.2) is 0 Å². The zero-order valence-electron chi connectivity index (χ0n) is 17.9. The van der Waals surface area contributed by atoms with E-state index in [1.54, 1.807) is 46.2 Å². The summed E-state index contributed by atoms with van der Waals surface area (Å²) in [5, 5.41) is 8.97. The number of benzene rings is 3. The lowest BCUT2D eigenvalue weighted by molar-refractivity contribution is -0.144. The van der Waals surface area contributed by atoms with Gasteiger partial charge in [0.2, 0.25) is 5.91 Å². The highest BCUT2D eigenvalue weighted by Gasteiger charge is 2.62. The number of carbonyl (C=O) groups excluding carboxylic acids is 2. The van der Waals surface area contributed by atoms with E-state index in [4.69, 9.17) is 5.26 Å². The minimum atomic E-state index is -0.616. The number of carbonyl (C=O) groups is 2. The molecular weight excluding hydrogens is 417 g/mol. The minimum Gasteiger partial charge on any atom is -0.339 e. The van der Waals surface area contributed by atoms with E-state index in [9.17, 15) is 14.0 Å². The number of likely N-dealkylation sites (tertiary alicyclic amines) is 1. The fourth-order valence-corrected chi connectivity index (χ4v) is 5.12. The van der Waals surface area contributed by atoms with Gasteiger partial charge in [0.25, 0.3) is 5.91 Å². The SMILES string of the molecule is N#Cc1ccc(C(=O)N2CCC3(CC2)C(=O)N(c2cccc(F)c2)C3c2ccccc2)cc1. The Kier molecular flexibility index (Phi) is 5.18. The Morgan fingerprint density at radius 3 is 2.30 bits per heavy atom. The summed E-state index contributed by atoms with van der Waals surface area (Å²) in [4.78, 5) is 30.0. The van der Waals surface area contributed by atoms with E-state index in [0.29, 0.717) is 42.7 Å². The van der Waals surface area contributed by atoms with Crippen molar-refractivity contribution in [3.8, 4) is 6.07 Å². The van der Waals surface area contributed by atoms with Crippen LogP contribution < -0.4 is 4.90 Å². The fourth-order valence-electron chi connectivity index (χ4n) is 5.12. The molecule has 2 aliphatic rings. The maximum Gasteiger partial charge on any atom is 0.253 e. The van der Waals surface area contributed by atoms with Crippen LogP contribution in [0.1, 0.15) is 40.4 Å². The first-order chi connectivity index (χ1) is 16.0. The molecule has 5 nitrogen and oxygen atoms in total. The number of hydrogen-bond donors (Lipinski definition) is 0. The predicted octanol–water partition coefficient (Wildman–Crippen LogP) is 4.71. The largest absolute Gasteiger partial charge is 0.339 e. The van der Waals surface area contributed by atoms with E-state index in [0.717, 1.165) is 5.56 Å². The van der Waals surface area contributed by atoms with E-state index in [-0.39, 0.29) is 23.7 Å². The van der Waals surface area contributed by atoms with Crippen molar-refractivity contribution < 1.29 is 14.0 Å². The Balaban J connectivity index is 1.40. The van der Waals surface area contributed by atoms with Crippen LogP contribution >= 0.6 is 0 Å². The fraction of sp³-hybridized carbons (Fsp3) is 0.222. The van der Waals surface area contributed by atoms with E-state index < -0.39 is 5.41 Å². The van der Waals surface area contributed by atoms with Crippen LogP contribution in [-0.4, -0.2) is 29.8 Å². The number of halogens is 1. The molecule has 3 aromatic rings. The standard InChI is InChI=1S/C27H22FN3O2/c28-22-7-4-8-23(17-22)31-24(20-5-2-1-3-6-20)27(26(31)33)13-15-30(16-14-27)25(32)21-11-9-19(18-29)10-12-21/h1-12,17,24H,13-16H2. The number of amides is 2. The van der Waals surface area contributed by atoms with Gasteiger partial charge in [-0.15, -0.1) is 0 Å². The van der Waals surface area contributed by atoms with Gasteiger partial charge in [-0.2, -0.15) is 5.26 Å². The number of piperidine rings is 1. The van der Waals surface area contributed by atoms with Gasteiger partial charge >= 0.3 is 0 Å². The van der Waals surface area contributed by atoms with Crippen molar-refractivity contribution in [2.45, 2.75) is 18.9 Å². The summed E-state index contributed by atoms with van der Waals surface area (Å²) in [7, 11) is 0. The lowest BCUT2D eigenvalue weighted by Crippen LogP contribution is -2.67. The molecule has 5 rings (SSSR count). The monoisotopic (exact) mass is 439 g/mol. The quantitative estimate of drug-likeness (QED) is 0.556. The summed E-state index contributed by atoms with van der Waals surface area (Å²) in [6, 6.07) is 24.4. The maximum atomic E-state index is 13.9. The van der Waals surface area contributed by atoms with E-state index in [1.807, 2.05) is 30.3 Å². The zero-order valence-corrected chi connectivity index (χ0v) is 17.9. The summed E-state index contributed by atoms with van der Waals surface area (Å²) < 4.78 is 13.9. The molecule has 6 heteroatoms. The Hall–Kier alpha value is -3.98. The lowest BCUT2D eigenvalue weighted by Gasteiger charge is -2.59. The minimum absolute atomic E-state index is 0.0209. The van der Waals surface area contributed by atoms with Gasteiger partial charge in [0.05, 0.1) is 23.1 Å². The first-order valence-corrected chi connectivity index (χ1v) is 11.0. The maximum absolute atomic E-state index is 13.9. The number of β-lactam (4-membered cyclic amide) rings is 1. The molecule has 2 fully saturated rings. The van der Waals surface area contributed by atoms with E-state index in [1.165, 1.54) is 12.1 Å². The molecule has 1 spiro atoms. The Bertz CT molecular complexity index is 1240. The Labute approximate surface area is 191 Å². The molecule has 2 amide bonds. The van der Waals surface area contributed by atoms with Crippen LogP contribution in [0.3, 0.4) is 0 Å². The lowest BCUT2D eigenvalue weighted by atomic mass is 9.62. The van der Waals surface area contributed by atoms with Crippen molar-refractivity contribution in [1.29, 1.82) is 5.26 Å². The molecule has 33 heavy (non-hydrogen) atoms. The van der Waals surface area contributed by atoms with Crippen molar-refractivity contribution in [3.63, 3.8) is 0 Å². The van der Waals surface area contributed by atoms with Gasteiger partial charge in [0.1, 0.15) is 5.82 Å². The van der Waals surface area contributed by atoms with Crippen LogP contribution in [0.5, 0.6) is 0 Å². The molecule has 0 saturated carbocycles. The smallest absolute Gasteiger partial charge is 0.253 e. The number of hydrogen-bond acceptors (Lipinski definition) is 3. The summed E-state index contributed by atoms with van der Waals surface area (Å²) in [5.41, 5.74) is 1.98. The van der Waals surface area contributed by atoms with Gasteiger partial charge in [-0.25, -0.2) is 4.39 Å². The van der Waals surface area contributed by atoms with E-state index in [2.05, 4.69) is 6.07 Å². The summed E-state index contributed by atoms with van der Waals surface area (Å²) >= 11 is 0. The second-order valence-electron chi connectivity index (χ2n) is 8.61. The molecule has 1 unspecified atom stereocenters. The van der Waals surface area contributed by atoms with Crippen LogP contribution in [0, 0.1) is 22.6 Å². The normalized spacial score (nSPS) is 19.2. The average molecular weight is 439 g/mol. The molecule has 0 radical (unpaired) electrons. The third kappa shape index (κ3) is 3.46. The molecule has 0 aromatic heterocycles. The zero-order chi connectivity index (χ0) is 23.0. The van der Waals surface area contributed by atoms with Crippen LogP contribution in [0.15, 0.2) is 78.9 Å². The Morgan fingerprint density at radius 1 is 0.970 bits per heavy atom. The summed E-state index contributed by atoms with van der Waals surface area (Å²) in [5.74, 6) is -0.498. The van der Waals surface area contributed by atoms with Gasteiger partial charge in [-0.1, -0.05) is 36.4 Å². The average Bonchev–Trinajstić information content (AvgIpc) is 2.87. The predicted molar refractivity (Wildman–Crippen MR) is 122 cm³/mol. The molecular formula is C27H22FN3O2. The van der Waals surface area contributed by atoms with Crippen molar-refractivity contribution in [2.24, 2.45) is 5.41 Å².